The van der Waals surface area contributed by atoms with E-state index in [0.717, 1.165) is 58.0 Å². The summed E-state index contributed by atoms with van der Waals surface area (Å²) in [6, 6.07) is 10.5. The molecular formula is C28H42O4S. The lowest BCUT2D eigenvalue weighted by molar-refractivity contribution is -0.191. The van der Waals surface area contributed by atoms with Gasteiger partial charge < -0.3 is 14.2 Å². The van der Waals surface area contributed by atoms with Gasteiger partial charge in [0.1, 0.15) is 6.61 Å². The molecule has 0 spiro atoms. The molecule has 0 aromatic heterocycles. The quantitative estimate of drug-likeness (QED) is 0.299. The van der Waals surface area contributed by atoms with Crippen molar-refractivity contribution in [2.24, 2.45) is 17.8 Å². The topological polar surface area (TPSA) is 44.8 Å². The van der Waals surface area contributed by atoms with E-state index in [1.165, 1.54) is 11.3 Å². The van der Waals surface area contributed by atoms with E-state index >= 15 is 0 Å². The Labute approximate surface area is 204 Å². The summed E-state index contributed by atoms with van der Waals surface area (Å²) in [5.74, 6) is 0.786. The first-order valence-corrected chi connectivity index (χ1v) is 13.7. The maximum atomic E-state index is 13.2. The number of rotatable bonds is 8. The third-order valence-electron chi connectivity index (χ3n) is 6.98. The Balaban J connectivity index is 1.76. The fraction of sp³-hybridized carbons (Fsp3) is 0.679. The third-order valence-corrected chi connectivity index (χ3v) is 8.39. The highest BCUT2D eigenvalue weighted by atomic mass is 32.2. The highest BCUT2D eigenvalue weighted by Crippen LogP contribution is 2.39. The van der Waals surface area contributed by atoms with Gasteiger partial charge in [0.2, 0.25) is 0 Å². The molecule has 1 heterocycles. The Morgan fingerprint density at radius 2 is 1.94 bits per heavy atom. The van der Waals surface area contributed by atoms with Crippen molar-refractivity contribution in [1.29, 1.82) is 0 Å². The maximum absolute atomic E-state index is 13.2. The van der Waals surface area contributed by atoms with Crippen LogP contribution in [0.25, 0.3) is 0 Å². The van der Waals surface area contributed by atoms with Gasteiger partial charge >= 0.3 is 5.97 Å². The van der Waals surface area contributed by atoms with Crippen LogP contribution in [0.1, 0.15) is 71.6 Å². The van der Waals surface area contributed by atoms with E-state index in [1.54, 1.807) is 6.08 Å². The second-order valence-corrected chi connectivity index (χ2v) is 11.1. The molecule has 3 rings (SSSR count). The largest absolute Gasteiger partial charge is 0.461 e. The van der Waals surface area contributed by atoms with Crippen LogP contribution in [0.2, 0.25) is 0 Å². The van der Waals surface area contributed by atoms with Gasteiger partial charge in [0, 0.05) is 16.8 Å². The number of ether oxygens (including phenoxy) is 3. The van der Waals surface area contributed by atoms with Gasteiger partial charge in [-0.3, -0.25) is 4.79 Å². The third kappa shape index (κ3) is 8.77. The Bertz CT molecular complexity index is 701. The van der Waals surface area contributed by atoms with Gasteiger partial charge in [0.15, 0.2) is 6.29 Å². The number of thioether (sulfide) groups is 1. The summed E-state index contributed by atoms with van der Waals surface area (Å²) in [6.45, 7) is 9.37. The Kier molecular flexibility index (Phi) is 11.3. The number of esters is 1. The Morgan fingerprint density at radius 3 is 2.64 bits per heavy atom. The van der Waals surface area contributed by atoms with Crippen LogP contribution in [0, 0.1) is 17.8 Å². The average molecular weight is 475 g/mol. The zero-order valence-electron chi connectivity index (χ0n) is 20.5. The van der Waals surface area contributed by atoms with E-state index in [0.29, 0.717) is 11.8 Å². The number of carbonyl (C=O) groups is 1. The molecular weight excluding hydrogens is 432 g/mol. The van der Waals surface area contributed by atoms with E-state index in [1.807, 2.05) is 17.8 Å². The summed E-state index contributed by atoms with van der Waals surface area (Å²) < 4.78 is 17.9. The molecule has 0 N–H and O–H groups in total. The van der Waals surface area contributed by atoms with Crippen molar-refractivity contribution < 1.29 is 19.0 Å². The van der Waals surface area contributed by atoms with E-state index in [4.69, 9.17) is 14.2 Å². The Hall–Kier alpha value is -1.30. The smallest absolute Gasteiger partial charge is 0.310 e. The van der Waals surface area contributed by atoms with E-state index in [2.05, 4.69) is 44.7 Å². The molecule has 1 saturated carbocycles. The summed E-state index contributed by atoms with van der Waals surface area (Å²) in [7, 11) is 0. The van der Waals surface area contributed by atoms with Crippen molar-refractivity contribution in [2.75, 3.05) is 13.2 Å². The zero-order valence-corrected chi connectivity index (χ0v) is 21.3. The molecule has 1 aliphatic heterocycles. The molecule has 4 nitrogen and oxygen atoms in total. The molecule has 33 heavy (non-hydrogen) atoms. The molecule has 2 fully saturated rings. The fourth-order valence-electron chi connectivity index (χ4n) is 4.97. The van der Waals surface area contributed by atoms with Crippen molar-refractivity contribution in [3.8, 4) is 0 Å². The van der Waals surface area contributed by atoms with Gasteiger partial charge in [0.25, 0.3) is 0 Å². The molecule has 0 amide bonds. The molecule has 4 unspecified atom stereocenters. The number of hydrogen-bond donors (Lipinski definition) is 0. The van der Waals surface area contributed by atoms with Crippen molar-refractivity contribution in [2.45, 2.75) is 94.2 Å². The van der Waals surface area contributed by atoms with Gasteiger partial charge in [-0.15, -0.1) is 11.8 Å². The van der Waals surface area contributed by atoms with Gasteiger partial charge in [-0.05, 0) is 81.8 Å². The van der Waals surface area contributed by atoms with Gasteiger partial charge in [-0.1, -0.05) is 44.7 Å². The minimum atomic E-state index is -0.110. The van der Waals surface area contributed by atoms with Gasteiger partial charge in [-0.25, -0.2) is 0 Å². The second-order valence-electron chi connectivity index (χ2n) is 9.80. The molecule has 5 heteroatoms. The van der Waals surface area contributed by atoms with Crippen LogP contribution >= 0.6 is 11.8 Å². The molecule has 0 bridgehead atoms. The van der Waals surface area contributed by atoms with Crippen LogP contribution in [-0.4, -0.2) is 36.8 Å². The lowest BCUT2D eigenvalue weighted by Crippen LogP contribution is -2.34. The van der Waals surface area contributed by atoms with Gasteiger partial charge in [0.05, 0.1) is 12.0 Å². The highest BCUT2D eigenvalue weighted by Gasteiger charge is 2.35. The van der Waals surface area contributed by atoms with E-state index in [9.17, 15) is 4.79 Å². The van der Waals surface area contributed by atoms with Crippen LogP contribution in [0.4, 0.5) is 0 Å². The number of benzene rings is 1. The second kappa shape index (κ2) is 14.2. The van der Waals surface area contributed by atoms with Crippen LogP contribution < -0.4 is 0 Å². The Morgan fingerprint density at radius 1 is 1.12 bits per heavy atom. The summed E-state index contributed by atoms with van der Waals surface area (Å²) in [5, 5.41) is 0.190. The summed E-state index contributed by atoms with van der Waals surface area (Å²) in [5.41, 5.74) is 0. The molecule has 1 saturated heterocycles. The minimum Gasteiger partial charge on any atom is -0.461 e. The van der Waals surface area contributed by atoms with Crippen LogP contribution in [0.3, 0.4) is 0 Å². The minimum absolute atomic E-state index is 0.0414. The van der Waals surface area contributed by atoms with Gasteiger partial charge in [-0.2, -0.15) is 0 Å². The molecule has 5 atom stereocenters. The van der Waals surface area contributed by atoms with Crippen molar-refractivity contribution in [1.82, 2.24) is 0 Å². The summed E-state index contributed by atoms with van der Waals surface area (Å²) in [4.78, 5) is 14.4. The maximum Gasteiger partial charge on any atom is 0.310 e. The molecule has 1 aliphatic carbocycles. The predicted molar refractivity (Wildman–Crippen MR) is 135 cm³/mol. The first-order chi connectivity index (χ1) is 16.1. The van der Waals surface area contributed by atoms with E-state index in [-0.39, 0.29) is 36.1 Å². The number of carbonyl (C=O) groups excluding carboxylic acids is 1. The van der Waals surface area contributed by atoms with Crippen molar-refractivity contribution >= 4 is 17.7 Å². The molecule has 0 radical (unpaired) electrons. The standard InChI is InChI=1S/C28H42O4S/c1-4-18-31-28(29)25-20-22(21(2)3)16-17-23(32-27-15-8-9-19-30-27)11-10-14-26(25)33-24-12-6-5-7-13-24/h4-7,12-13,21-23,25-27H,1,8-11,14-20H2,2-3H3/t22-,23?,25?,26?,27?/m0/s1. The molecule has 1 aromatic rings. The monoisotopic (exact) mass is 474 g/mol. The SMILES string of the molecule is C=CCOC(=O)C1C[C@@H](C(C)C)CCC(OC2CCCCO2)CCCC1Sc1ccccc1. The van der Waals surface area contributed by atoms with E-state index < -0.39 is 0 Å². The molecule has 184 valence electrons. The van der Waals surface area contributed by atoms with Crippen LogP contribution in [0.15, 0.2) is 47.9 Å². The average Bonchev–Trinajstić information content (AvgIpc) is 2.83. The lowest BCUT2D eigenvalue weighted by atomic mass is 9.79. The lowest BCUT2D eigenvalue weighted by Gasteiger charge is -2.34. The normalized spacial score (nSPS) is 29.4. The van der Waals surface area contributed by atoms with Crippen molar-refractivity contribution in [3.05, 3.63) is 43.0 Å². The first-order valence-electron chi connectivity index (χ1n) is 12.8. The van der Waals surface area contributed by atoms with Crippen LogP contribution in [0.5, 0.6) is 0 Å². The van der Waals surface area contributed by atoms with Crippen LogP contribution in [-0.2, 0) is 19.0 Å². The fourth-order valence-corrected chi connectivity index (χ4v) is 6.31. The van der Waals surface area contributed by atoms with Crippen molar-refractivity contribution in [3.63, 3.8) is 0 Å². The first kappa shape index (κ1) is 26.3. The number of hydrogen-bond acceptors (Lipinski definition) is 5. The zero-order chi connectivity index (χ0) is 23.5. The highest BCUT2D eigenvalue weighted by molar-refractivity contribution is 8.00. The summed E-state index contributed by atoms with van der Waals surface area (Å²) in [6.07, 6.45) is 11.2. The summed E-state index contributed by atoms with van der Waals surface area (Å²) >= 11 is 1.83. The predicted octanol–water partition coefficient (Wildman–Crippen LogP) is 7.03. The molecule has 1 aromatic carbocycles. The molecule has 2 aliphatic rings.